The van der Waals surface area contributed by atoms with Gasteiger partial charge in [0.25, 0.3) is 5.79 Å². The number of aliphatic imine (C=N–C) groups is 4. The number of nitrogens with zero attached hydrogens (tertiary/aromatic N) is 4. The number of hydrogen-bond acceptors (Lipinski definition) is 5. The highest BCUT2D eigenvalue weighted by Crippen LogP contribution is 2.37. The summed E-state index contributed by atoms with van der Waals surface area (Å²) in [5.74, 6) is -0.823. The van der Waals surface area contributed by atoms with Crippen molar-refractivity contribution in [1.29, 1.82) is 0 Å². The highest BCUT2D eigenvalue weighted by atomic mass is 15.4. The lowest BCUT2D eigenvalue weighted by Gasteiger charge is -2.35. The standard InChI is InChI=1S/C8H7N5/c1-2-7-8(10-3-1,13-6-12-7)11-5-4-9-7/h1-6H,(H,12,13). The van der Waals surface area contributed by atoms with Crippen molar-refractivity contribution in [1.82, 2.24) is 5.32 Å². The van der Waals surface area contributed by atoms with Crippen molar-refractivity contribution in [2.45, 2.75) is 11.4 Å². The topological polar surface area (TPSA) is 61.5 Å². The molecule has 0 saturated heterocycles. The molecule has 0 bridgehead atoms. The average molecular weight is 173 g/mol. The highest BCUT2D eigenvalue weighted by molar-refractivity contribution is 6.17. The summed E-state index contributed by atoms with van der Waals surface area (Å²) in [5.41, 5.74) is -0.615. The minimum Gasteiger partial charge on any atom is -0.344 e. The molecule has 0 fully saturated rings. The van der Waals surface area contributed by atoms with E-state index in [2.05, 4.69) is 25.3 Å². The van der Waals surface area contributed by atoms with Gasteiger partial charge in [-0.05, 0) is 12.2 Å². The zero-order chi connectivity index (χ0) is 8.78. The molecule has 0 saturated carbocycles. The smallest absolute Gasteiger partial charge is 0.295 e. The van der Waals surface area contributed by atoms with E-state index in [1.165, 1.54) is 0 Å². The summed E-state index contributed by atoms with van der Waals surface area (Å²) in [6, 6.07) is 0. The Morgan fingerprint density at radius 1 is 0.923 bits per heavy atom. The van der Waals surface area contributed by atoms with Gasteiger partial charge in [0, 0.05) is 18.6 Å². The Balaban J connectivity index is 2.25. The van der Waals surface area contributed by atoms with Crippen LogP contribution in [0.5, 0.6) is 0 Å². The Bertz CT molecular complexity index is 363. The van der Waals surface area contributed by atoms with E-state index < -0.39 is 11.4 Å². The fourth-order valence-corrected chi connectivity index (χ4v) is 1.66. The lowest BCUT2D eigenvalue weighted by Crippen LogP contribution is -2.55. The first-order chi connectivity index (χ1) is 6.37. The van der Waals surface area contributed by atoms with Crippen molar-refractivity contribution < 1.29 is 0 Å². The van der Waals surface area contributed by atoms with Gasteiger partial charge in [0.2, 0.25) is 5.66 Å². The Kier molecular flexibility index (Phi) is 0.995. The molecule has 0 aromatic heterocycles. The molecule has 3 aliphatic rings. The van der Waals surface area contributed by atoms with E-state index in [0.29, 0.717) is 0 Å². The summed E-state index contributed by atoms with van der Waals surface area (Å²) in [6.45, 7) is 0. The average Bonchev–Trinajstić information content (AvgIpc) is 2.56. The number of dihydropyridines is 1. The quantitative estimate of drug-likeness (QED) is 0.540. The molecule has 13 heavy (non-hydrogen) atoms. The third-order valence-corrected chi connectivity index (χ3v) is 2.32. The van der Waals surface area contributed by atoms with E-state index in [-0.39, 0.29) is 0 Å². The number of hydrogen-bond donors (Lipinski definition) is 1. The summed E-state index contributed by atoms with van der Waals surface area (Å²) >= 11 is 0. The maximum Gasteiger partial charge on any atom is 0.295 e. The van der Waals surface area contributed by atoms with Crippen LogP contribution in [0.4, 0.5) is 0 Å². The SMILES string of the molecule is C1=CC23N=CC=NC2(N=C1)N=CN3. The maximum atomic E-state index is 4.32. The van der Waals surface area contributed by atoms with Crippen LogP contribution in [0.1, 0.15) is 0 Å². The van der Waals surface area contributed by atoms with Crippen LogP contribution in [-0.2, 0) is 0 Å². The minimum atomic E-state index is -0.823. The van der Waals surface area contributed by atoms with Crippen LogP contribution in [0, 0.1) is 0 Å². The van der Waals surface area contributed by atoms with Crippen LogP contribution in [0.25, 0.3) is 0 Å². The van der Waals surface area contributed by atoms with Crippen LogP contribution in [0.15, 0.2) is 32.1 Å². The van der Waals surface area contributed by atoms with Gasteiger partial charge in [0.05, 0.1) is 6.34 Å². The van der Waals surface area contributed by atoms with Crippen LogP contribution < -0.4 is 5.32 Å². The van der Waals surface area contributed by atoms with Crippen molar-refractivity contribution >= 4 is 25.0 Å². The molecule has 1 N–H and O–H groups in total. The normalized spacial score (nSPS) is 43.1. The Morgan fingerprint density at radius 3 is 2.69 bits per heavy atom. The molecule has 3 aliphatic heterocycles. The van der Waals surface area contributed by atoms with Gasteiger partial charge < -0.3 is 5.32 Å². The minimum absolute atomic E-state index is 0.615. The molecule has 5 nitrogen and oxygen atoms in total. The van der Waals surface area contributed by atoms with Gasteiger partial charge in [-0.2, -0.15) is 0 Å². The number of rotatable bonds is 0. The molecule has 3 heterocycles. The van der Waals surface area contributed by atoms with Gasteiger partial charge in [-0.15, -0.1) is 0 Å². The Morgan fingerprint density at radius 2 is 1.77 bits per heavy atom. The third-order valence-electron chi connectivity index (χ3n) is 2.32. The van der Waals surface area contributed by atoms with Crippen molar-refractivity contribution in [3.8, 4) is 0 Å². The van der Waals surface area contributed by atoms with E-state index in [0.717, 1.165) is 0 Å². The van der Waals surface area contributed by atoms with Crippen LogP contribution in [-0.4, -0.2) is 36.4 Å². The van der Waals surface area contributed by atoms with Crippen molar-refractivity contribution in [3.63, 3.8) is 0 Å². The van der Waals surface area contributed by atoms with E-state index in [1.54, 1.807) is 25.0 Å². The van der Waals surface area contributed by atoms with Gasteiger partial charge >= 0.3 is 0 Å². The molecule has 0 aromatic rings. The van der Waals surface area contributed by atoms with E-state index in [1.807, 2.05) is 12.2 Å². The van der Waals surface area contributed by atoms with E-state index >= 15 is 0 Å². The lowest BCUT2D eigenvalue weighted by molar-refractivity contribution is 0.303. The first-order valence-corrected chi connectivity index (χ1v) is 4.00. The van der Waals surface area contributed by atoms with Crippen molar-refractivity contribution in [2.75, 3.05) is 0 Å². The second-order valence-corrected chi connectivity index (χ2v) is 3.00. The van der Waals surface area contributed by atoms with Gasteiger partial charge in [-0.3, -0.25) is 4.99 Å². The number of allylic oxidation sites excluding steroid dienone is 1. The predicted molar refractivity (Wildman–Crippen MR) is 51.7 cm³/mol. The van der Waals surface area contributed by atoms with Crippen molar-refractivity contribution in [2.24, 2.45) is 20.0 Å². The van der Waals surface area contributed by atoms with Crippen molar-refractivity contribution in [3.05, 3.63) is 12.2 Å². The molecule has 5 heteroatoms. The van der Waals surface area contributed by atoms with E-state index in [9.17, 15) is 0 Å². The van der Waals surface area contributed by atoms with Gasteiger partial charge in [0.1, 0.15) is 0 Å². The second kappa shape index (κ2) is 1.93. The molecule has 2 atom stereocenters. The fraction of sp³-hybridized carbons (Fsp3) is 0.250. The molecule has 0 radical (unpaired) electrons. The van der Waals surface area contributed by atoms with Gasteiger partial charge in [-0.25, -0.2) is 15.0 Å². The maximum absolute atomic E-state index is 4.32. The molecule has 0 aliphatic carbocycles. The summed E-state index contributed by atoms with van der Waals surface area (Å²) in [7, 11) is 0. The zero-order valence-electron chi connectivity index (χ0n) is 6.75. The molecular formula is C8H7N5. The van der Waals surface area contributed by atoms with Crippen LogP contribution in [0.2, 0.25) is 0 Å². The molecule has 0 amide bonds. The highest BCUT2D eigenvalue weighted by Gasteiger charge is 2.55. The molecule has 0 spiro atoms. The predicted octanol–water partition coefficient (Wildman–Crippen LogP) is -0.236. The second-order valence-electron chi connectivity index (χ2n) is 3.00. The third kappa shape index (κ3) is 0.626. The first-order valence-electron chi connectivity index (χ1n) is 4.00. The Labute approximate surface area is 74.7 Å². The number of nitrogens with one attached hydrogen (secondary N) is 1. The first kappa shape index (κ1) is 6.71. The monoisotopic (exact) mass is 173 g/mol. The summed E-state index contributed by atoms with van der Waals surface area (Å²) in [6.07, 6.45) is 10.3. The molecule has 3 rings (SSSR count). The Hall–Kier alpha value is -1.78. The van der Waals surface area contributed by atoms with Crippen LogP contribution in [0.3, 0.4) is 0 Å². The summed E-state index contributed by atoms with van der Waals surface area (Å²) in [4.78, 5) is 17.0. The lowest BCUT2D eigenvalue weighted by atomic mass is 10.0. The molecular weight excluding hydrogens is 166 g/mol. The zero-order valence-corrected chi connectivity index (χ0v) is 6.75. The van der Waals surface area contributed by atoms with E-state index in [4.69, 9.17) is 0 Å². The van der Waals surface area contributed by atoms with Gasteiger partial charge in [0.15, 0.2) is 0 Å². The molecule has 64 valence electrons. The largest absolute Gasteiger partial charge is 0.344 e. The van der Waals surface area contributed by atoms with Crippen LogP contribution >= 0.6 is 0 Å². The fourth-order valence-electron chi connectivity index (χ4n) is 1.66. The molecule has 2 unspecified atom stereocenters. The molecule has 0 aromatic carbocycles. The van der Waals surface area contributed by atoms with Gasteiger partial charge in [-0.1, -0.05) is 0 Å². The summed E-state index contributed by atoms with van der Waals surface area (Å²) in [5, 5.41) is 3.06. The summed E-state index contributed by atoms with van der Waals surface area (Å²) < 4.78 is 0.